The van der Waals surface area contributed by atoms with Gasteiger partial charge in [-0.2, -0.15) is 0 Å². The summed E-state index contributed by atoms with van der Waals surface area (Å²) in [5.74, 6) is 0.617. The fourth-order valence-corrected chi connectivity index (χ4v) is 5.12. The Morgan fingerprint density at radius 3 is 2.69 bits per heavy atom. The minimum atomic E-state index is -0.742. The third-order valence-corrected chi connectivity index (χ3v) is 6.88. The van der Waals surface area contributed by atoms with Crippen LogP contribution in [0, 0.1) is 0 Å². The second-order valence-corrected chi connectivity index (χ2v) is 9.46. The summed E-state index contributed by atoms with van der Waals surface area (Å²) in [4.78, 5) is 41.9. The third-order valence-electron chi connectivity index (χ3n) is 6.32. The van der Waals surface area contributed by atoms with Crippen molar-refractivity contribution >= 4 is 41.0 Å². The van der Waals surface area contributed by atoms with Crippen molar-refractivity contribution in [1.82, 2.24) is 20.4 Å². The van der Waals surface area contributed by atoms with Crippen molar-refractivity contribution in [3.8, 4) is 11.5 Å². The Kier molecular flexibility index (Phi) is 6.68. The molecule has 2 atom stereocenters. The molecule has 0 unspecified atom stereocenters. The van der Waals surface area contributed by atoms with Crippen LogP contribution in [0.25, 0.3) is 0 Å². The number of hydrogen-bond acceptors (Lipinski definition) is 5. The van der Waals surface area contributed by atoms with Gasteiger partial charge in [-0.05, 0) is 36.8 Å². The summed E-state index contributed by atoms with van der Waals surface area (Å²) >= 11 is 12.4. The molecule has 36 heavy (non-hydrogen) atoms. The second kappa shape index (κ2) is 9.91. The largest absolute Gasteiger partial charge is 0.486 e. The molecule has 4 amide bonds. The number of likely N-dealkylation sites (N-methyl/N-ethyl adjacent to an activating group) is 1. The number of halogens is 2. The van der Waals surface area contributed by atoms with Gasteiger partial charge in [0.05, 0.1) is 30.4 Å². The standard InChI is InChI=1S/C25H24Cl2N4O5/c1-2-31-18-11-30(12-21(32)28-10-15-13-35-19-5-3-4-6-20(19)36-15)24(33)22(18)23(29-25(31)34)16-8-7-14(26)9-17(16)27/h3-9,15,23H,2,10-13H2,1H3,(H,28,32)(H,29,34)/t15-,23+/m1/s1. The summed E-state index contributed by atoms with van der Waals surface area (Å²) in [7, 11) is 0. The molecule has 2 aromatic carbocycles. The lowest BCUT2D eigenvalue weighted by atomic mass is 9.95. The molecular formula is C25H24Cl2N4O5. The number of ether oxygens (including phenoxy) is 2. The summed E-state index contributed by atoms with van der Waals surface area (Å²) in [6, 6.07) is 11.2. The number of amides is 4. The topological polar surface area (TPSA) is 100 Å². The van der Waals surface area contributed by atoms with Crippen LogP contribution >= 0.6 is 23.2 Å². The highest BCUT2D eigenvalue weighted by molar-refractivity contribution is 6.35. The number of para-hydroxylation sites is 2. The molecule has 0 bridgehead atoms. The zero-order chi connectivity index (χ0) is 25.4. The van der Waals surface area contributed by atoms with Crippen molar-refractivity contribution in [2.75, 3.05) is 32.8 Å². The lowest BCUT2D eigenvalue weighted by Gasteiger charge is -2.33. The lowest BCUT2D eigenvalue weighted by Crippen LogP contribution is -2.47. The van der Waals surface area contributed by atoms with E-state index in [0.717, 1.165) is 0 Å². The maximum atomic E-state index is 13.4. The Hall–Kier alpha value is -3.43. The van der Waals surface area contributed by atoms with Crippen molar-refractivity contribution < 1.29 is 23.9 Å². The van der Waals surface area contributed by atoms with Gasteiger partial charge in [-0.3, -0.25) is 14.5 Å². The number of urea groups is 1. The number of rotatable bonds is 6. The smallest absolute Gasteiger partial charge is 0.322 e. The van der Waals surface area contributed by atoms with E-state index >= 15 is 0 Å². The molecule has 0 fully saturated rings. The van der Waals surface area contributed by atoms with Gasteiger partial charge in [0.1, 0.15) is 19.3 Å². The van der Waals surface area contributed by atoms with E-state index in [4.69, 9.17) is 32.7 Å². The molecule has 0 saturated heterocycles. The molecule has 0 saturated carbocycles. The zero-order valence-corrected chi connectivity index (χ0v) is 20.9. The second-order valence-electron chi connectivity index (χ2n) is 8.62. The minimum absolute atomic E-state index is 0.140. The number of benzene rings is 2. The SMILES string of the molecule is CCN1C(=O)N[C@@H](c2ccc(Cl)cc2Cl)C2=C1CN(CC(=O)NC[C@@H]1COc3ccccc3O1)C2=O. The van der Waals surface area contributed by atoms with Crippen molar-refractivity contribution in [2.24, 2.45) is 0 Å². The van der Waals surface area contributed by atoms with Gasteiger partial charge in [-0.15, -0.1) is 0 Å². The molecule has 2 N–H and O–H groups in total. The molecule has 2 aromatic rings. The molecule has 0 aliphatic carbocycles. The van der Waals surface area contributed by atoms with Crippen LogP contribution in [0.15, 0.2) is 53.7 Å². The van der Waals surface area contributed by atoms with Gasteiger partial charge in [0.25, 0.3) is 5.91 Å². The third kappa shape index (κ3) is 4.56. The summed E-state index contributed by atoms with van der Waals surface area (Å²) < 4.78 is 11.5. The first kappa shape index (κ1) is 24.3. The normalized spacial score (nSPS) is 20.9. The number of fused-ring (bicyclic) bond motifs is 1. The summed E-state index contributed by atoms with van der Waals surface area (Å²) in [6.07, 6.45) is -0.349. The Morgan fingerprint density at radius 2 is 1.94 bits per heavy atom. The van der Waals surface area contributed by atoms with Crippen LogP contribution in [0.2, 0.25) is 10.0 Å². The van der Waals surface area contributed by atoms with Crippen LogP contribution in [0.5, 0.6) is 11.5 Å². The van der Waals surface area contributed by atoms with E-state index in [-0.39, 0.29) is 43.6 Å². The Balaban J connectivity index is 1.27. The number of nitrogens with one attached hydrogen (secondary N) is 2. The van der Waals surface area contributed by atoms with E-state index in [9.17, 15) is 14.4 Å². The number of hydrogen-bond donors (Lipinski definition) is 2. The first-order valence-corrected chi connectivity index (χ1v) is 12.3. The van der Waals surface area contributed by atoms with Crippen molar-refractivity contribution in [1.29, 1.82) is 0 Å². The highest BCUT2D eigenvalue weighted by Crippen LogP contribution is 2.39. The number of carbonyl (C=O) groups excluding carboxylic acids is 3. The van der Waals surface area contributed by atoms with E-state index < -0.39 is 6.04 Å². The molecule has 3 aliphatic heterocycles. The van der Waals surface area contributed by atoms with Crippen LogP contribution in [0.1, 0.15) is 18.5 Å². The molecule has 3 heterocycles. The molecule has 11 heteroatoms. The van der Waals surface area contributed by atoms with E-state index in [1.54, 1.807) is 24.3 Å². The lowest BCUT2D eigenvalue weighted by molar-refractivity contribution is -0.132. The van der Waals surface area contributed by atoms with Gasteiger partial charge in [0.2, 0.25) is 5.91 Å². The van der Waals surface area contributed by atoms with Gasteiger partial charge >= 0.3 is 6.03 Å². The van der Waals surface area contributed by atoms with E-state index in [1.807, 2.05) is 25.1 Å². The predicted molar refractivity (Wildman–Crippen MR) is 133 cm³/mol. The van der Waals surface area contributed by atoms with Crippen LogP contribution in [0.4, 0.5) is 4.79 Å². The van der Waals surface area contributed by atoms with Crippen molar-refractivity contribution in [3.05, 3.63) is 69.3 Å². The maximum Gasteiger partial charge on any atom is 0.322 e. The molecule has 188 valence electrons. The molecule has 3 aliphatic rings. The minimum Gasteiger partial charge on any atom is -0.486 e. The van der Waals surface area contributed by atoms with Crippen LogP contribution in [-0.2, 0) is 9.59 Å². The van der Waals surface area contributed by atoms with Crippen molar-refractivity contribution in [2.45, 2.75) is 19.1 Å². The average Bonchev–Trinajstić information content (AvgIpc) is 3.17. The fourth-order valence-electron chi connectivity index (χ4n) is 4.60. The van der Waals surface area contributed by atoms with Crippen molar-refractivity contribution in [3.63, 3.8) is 0 Å². The van der Waals surface area contributed by atoms with Crippen LogP contribution in [0.3, 0.4) is 0 Å². The predicted octanol–water partition coefficient (Wildman–Crippen LogP) is 3.13. The maximum absolute atomic E-state index is 13.4. The fraction of sp³-hybridized carbons (Fsp3) is 0.320. The van der Waals surface area contributed by atoms with Gasteiger partial charge in [-0.1, -0.05) is 41.4 Å². The van der Waals surface area contributed by atoms with Gasteiger partial charge in [0.15, 0.2) is 11.5 Å². The first-order valence-electron chi connectivity index (χ1n) is 11.6. The summed E-state index contributed by atoms with van der Waals surface area (Å²) in [6.45, 7) is 2.71. The zero-order valence-electron chi connectivity index (χ0n) is 19.4. The Morgan fingerprint density at radius 1 is 1.17 bits per heavy atom. The van der Waals surface area contributed by atoms with Crippen LogP contribution in [-0.4, -0.2) is 66.5 Å². The van der Waals surface area contributed by atoms with Gasteiger partial charge in [-0.25, -0.2) is 4.79 Å². The van der Waals surface area contributed by atoms with E-state index in [1.165, 1.54) is 9.80 Å². The number of carbonyl (C=O) groups is 3. The Labute approximate surface area is 217 Å². The van der Waals surface area contributed by atoms with Gasteiger partial charge < -0.3 is 25.0 Å². The number of nitrogens with zero attached hydrogens (tertiary/aromatic N) is 2. The Bertz CT molecular complexity index is 1270. The van der Waals surface area contributed by atoms with Gasteiger partial charge in [0, 0.05) is 16.6 Å². The van der Waals surface area contributed by atoms with E-state index in [2.05, 4.69) is 10.6 Å². The molecule has 9 nitrogen and oxygen atoms in total. The summed E-state index contributed by atoms with van der Waals surface area (Å²) in [5, 5.41) is 6.47. The molecule has 0 spiro atoms. The average molecular weight is 531 g/mol. The highest BCUT2D eigenvalue weighted by Gasteiger charge is 2.44. The molecule has 5 rings (SSSR count). The molecule has 0 radical (unpaired) electrons. The van der Waals surface area contributed by atoms with Crippen LogP contribution < -0.4 is 20.1 Å². The quantitative estimate of drug-likeness (QED) is 0.597. The molecule has 0 aromatic heterocycles. The van der Waals surface area contributed by atoms with E-state index in [0.29, 0.717) is 51.5 Å². The molecular weight excluding hydrogens is 507 g/mol. The first-order chi connectivity index (χ1) is 17.4. The highest BCUT2D eigenvalue weighted by atomic mass is 35.5. The monoisotopic (exact) mass is 530 g/mol. The summed E-state index contributed by atoms with van der Waals surface area (Å²) in [5.41, 5.74) is 1.52.